The Morgan fingerprint density at radius 3 is 2.10 bits per heavy atom. The summed E-state index contributed by atoms with van der Waals surface area (Å²) in [6.07, 6.45) is 0. The van der Waals surface area contributed by atoms with Gasteiger partial charge < -0.3 is 10.1 Å². The summed E-state index contributed by atoms with van der Waals surface area (Å²) < 4.78 is 4.59. The maximum atomic E-state index is 10.9. The average molecular weight is 146 g/mol. The smallest absolute Gasteiger partial charge is 0.364 e. The van der Waals surface area contributed by atoms with Crippen LogP contribution >= 0.6 is 0 Å². The third-order valence-electron chi connectivity index (χ3n) is 1.55. The third kappa shape index (κ3) is 2.35. The van der Waals surface area contributed by atoms with Gasteiger partial charge in [0.1, 0.15) is 0 Å². The standard InChI is InChI=1S/C7H15NO2/c1-5(2)6(8-3)7(9)10-4/h5-6,8H,1-4H3/p+1. The zero-order valence-corrected chi connectivity index (χ0v) is 7.05. The molecule has 0 rings (SSSR count). The van der Waals surface area contributed by atoms with Crippen molar-refractivity contribution in [3.63, 3.8) is 0 Å². The van der Waals surface area contributed by atoms with Crippen LogP contribution in [0.25, 0.3) is 0 Å². The number of esters is 1. The minimum Gasteiger partial charge on any atom is -0.465 e. The summed E-state index contributed by atoms with van der Waals surface area (Å²) in [5.74, 6) is 0.190. The summed E-state index contributed by atoms with van der Waals surface area (Å²) >= 11 is 0. The maximum Gasteiger partial charge on any atom is 0.364 e. The first kappa shape index (κ1) is 9.43. The second-order valence-corrected chi connectivity index (χ2v) is 2.63. The van der Waals surface area contributed by atoms with Crippen LogP contribution in [-0.4, -0.2) is 26.2 Å². The Hall–Kier alpha value is -0.570. The van der Waals surface area contributed by atoms with Crippen molar-refractivity contribution in [3.8, 4) is 0 Å². The van der Waals surface area contributed by atoms with Crippen LogP contribution < -0.4 is 5.32 Å². The van der Waals surface area contributed by atoms with Gasteiger partial charge in [0.15, 0.2) is 6.04 Å². The van der Waals surface area contributed by atoms with Crippen molar-refractivity contribution in [2.24, 2.45) is 5.92 Å². The van der Waals surface area contributed by atoms with Gasteiger partial charge in [-0.2, -0.15) is 0 Å². The van der Waals surface area contributed by atoms with Crippen LogP contribution in [-0.2, 0) is 9.53 Å². The van der Waals surface area contributed by atoms with E-state index in [1.807, 2.05) is 26.2 Å². The molecule has 3 heteroatoms. The highest BCUT2D eigenvalue weighted by atomic mass is 16.5. The van der Waals surface area contributed by atoms with E-state index in [9.17, 15) is 4.79 Å². The van der Waals surface area contributed by atoms with Gasteiger partial charge in [0.05, 0.1) is 14.2 Å². The Kier molecular flexibility index (Phi) is 4.03. The highest BCUT2D eigenvalue weighted by molar-refractivity contribution is 5.74. The van der Waals surface area contributed by atoms with E-state index in [0.29, 0.717) is 5.92 Å². The van der Waals surface area contributed by atoms with Gasteiger partial charge >= 0.3 is 5.97 Å². The lowest BCUT2D eigenvalue weighted by atomic mass is 10.1. The van der Waals surface area contributed by atoms with E-state index in [0.717, 1.165) is 0 Å². The Morgan fingerprint density at radius 2 is 2.00 bits per heavy atom. The molecule has 2 N–H and O–H groups in total. The molecule has 0 aromatic heterocycles. The Morgan fingerprint density at radius 1 is 1.50 bits per heavy atom. The lowest BCUT2D eigenvalue weighted by Gasteiger charge is -2.13. The first-order chi connectivity index (χ1) is 4.63. The zero-order valence-electron chi connectivity index (χ0n) is 7.05. The molecular weight excluding hydrogens is 130 g/mol. The largest absolute Gasteiger partial charge is 0.465 e. The summed E-state index contributed by atoms with van der Waals surface area (Å²) in [7, 11) is 3.29. The number of carbonyl (C=O) groups is 1. The number of nitrogens with two attached hydrogens (primary N) is 1. The fraction of sp³-hybridized carbons (Fsp3) is 0.857. The predicted octanol–water partition coefficient (Wildman–Crippen LogP) is -0.623. The summed E-state index contributed by atoms with van der Waals surface area (Å²) in [5, 5.41) is 1.87. The number of methoxy groups -OCH3 is 1. The van der Waals surface area contributed by atoms with E-state index in [1.54, 1.807) is 0 Å². The molecule has 0 amide bonds. The van der Waals surface area contributed by atoms with Crippen LogP contribution in [0.2, 0.25) is 0 Å². The molecule has 0 aliphatic heterocycles. The summed E-state index contributed by atoms with van der Waals surface area (Å²) in [6.45, 7) is 4.00. The highest BCUT2D eigenvalue weighted by Crippen LogP contribution is 1.97. The number of hydrogen-bond donors (Lipinski definition) is 1. The lowest BCUT2D eigenvalue weighted by Crippen LogP contribution is -2.89. The summed E-state index contributed by atoms with van der Waals surface area (Å²) in [6, 6.07) is -0.0509. The fourth-order valence-electron chi connectivity index (χ4n) is 0.929. The maximum absolute atomic E-state index is 10.9. The highest BCUT2D eigenvalue weighted by Gasteiger charge is 2.23. The average Bonchev–Trinajstić information content (AvgIpc) is 1.88. The molecule has 0 saturated heterocycles. The van der Waals surface area contributed by atoms with Crippen LogP contribution in [0.5, 0.6) is 0 Å². The van der Waals surface area contributed by atoms with Gasteiger partial charge in [-0.15, -0.1) is 0 Å². The lowest BCUT2D eigenvalue weighted by molar-refractivity contribution is -0.657. The normalized spacial score (nSPS) is 13.3. The molecule has 0 saturated carbocycles. The number of rotatable bonds is 3. The zero-order chi connectivity index (χ0) is 8.15. The number of carbonyl (C=O) groups excluding carboxylic acids is 1. The predicted molar refractivity (Wildman–Crippen MR) is 38.5 cm³/mol. The van der Waals surface area contributed by atoms with Crippen LogP contribution in [0.3, 0.4) is 0 Å². The molecular formula is C7H16NO2+. The molecule has 1 atom stereocenters. The fourth-order valence-corrected chi connectivity index (χ4v) is 0.929. The molecule has 0 aliphatic carbocycles. The molecule has 0 aromatic rings. The molecule has 10 heavy (non-hydrogen) atoms. The van der Waals surface area contributed by atoms with E-state index in [1.165, 1.54) is 7.11 Å². The van der Waals surface area contributed by atoms with Gasteiger partial charge in [-0.1, -0.05) is 13.8 Å². The van der Waals surface area contributed by atoms with Crippen molar-refractivity contribution in [2.75, 3.05) is 14.2 Å². The minimum atomic E-state index is -0.141. The van der Waals surface area contributed by atoms with Crippen molar-refractivity contribution in [3.05, 3.63) is 0 Å². The molecule has 3 nitrogen and oxygen atoms in total. The van der Waals surface area contributed by atoms with Crippen molar-refractivity contribution in [1.82, 2.24) is 0 Å². The van der Waals surface area contributed by atoms with Crippen LogP contribution in [0.4, 0.5) is 0 Å². The molecule has 0 aliphatic rings. The van der Waals surface area contributed by atoms with E-state index >= 15 is 0 Å². The molecule has 0 spiro atoms. The Bertz CT molecular complexity index is 112. The molecule has 1 unspecified atom stereocenters. The van der Waals surface area contributed by atoms with Crippen molar-refractivity contribution >= 4 is 5.97 Å². The SMILES string of the molecule is C[NH2+]C(C(=O)OC)C(C)C. The van der Waals surface area contributed by atoms with Crippen LogP contribution in [0.15, 0.2) is 0 Å². The number of hydrogen-bond acceptors (Lipinski definition) is 2. The Balaban J connectivity index is 3.93. The number of quaternary nitrogens is 1. The Labute approximate surface area is 61.8 Å². The van der Waals surface area contributed by atoms with Crippen molar-refractivity contribution in [2.45, 2.75) is 19.9 Å². The van der Waals surface area contributed by atoms with Gasteiger partial charge in [0.2, 0.25) is 0 Å². The second kappa shape index (κ2) is 4.28. The van der Waals surface area contributed by atoms with Crippen molar-refractivity contribution in [1.29, 1.82) is 0 Å². The van der Waals surface area contributed by atoms with E-state index < -0.39 is 0 Å². The first-order valence-corrected chi connectivity index (χ1v) is 3.50. The second-order valence-electron chi connectivity index (χ2n) is 2.63. The topological polar surface area (TPSA) is 42.9 Å². The summed E-state index contributed by atoms with van der Waals surface area (Å²) in [5.41, 5.74) is 0. The quantitative estimate of drug-likeness (QED) is 0.539. The number of ether oxygens (including phenoxy) is 1. The van der Waals surface area contributed by atoms with Crippen LogP contribution in [0.1, 0.15) is 13.8 Å². The molecule has 60 valence electrons. The molecule has 0 radical (unpaired) electrons. The molecule has 0 heterocycles. The summed E-state index contributed by atoms with van der Waals surface area (Å²) in [4.78, 5) is 10.9. The van der Waals surface area contributed by atoms with Gasteiger partial charge in [-0.05, 0) is 0 Å². The first-order valence-electron chi connectivity index (χ1n) is 3.50. The molecule has 0 bridgehead atoms. The van der Waals surface area contributed by atoms with Crippen molar-refractivity contribution < 1.29 is 14.8 Å². The molecule has 0 aromatic carbocycles. The third-order valence-corrected chi connectivity index (χ3v) is 1.55. The van der Waals surface area contributed by atoms with E-state index in [-0.39, 0.29) is 12.0 Å². The monoisotopic (exact) mass is 146 g/mol. The van der Waals surface area contributed by atoms with Gasteiger partial charge in [-0.3, -0.25) is 0 Å². The van der Waals surface area contributed by atoms with Gasteiger partial charge in [0.25, 0.3) is 0 Å². The van der Waals surface area contributed by atoms with E-state index in [4.69, 9.17) is 0 Å². The molecule has 0 fully saturated rings. The van der Waals surface area contributed by atoms with Gasteiger partial charge in [-0.25, -0.2) is 4.79 Å². The van der Waals surface area contributed by atoms with E-state index in [2.05, 4.69) is 4.74 Å². The van der Waals surface area contributed by atoms with Gasteiger partial charge in [0, 0.05) is 5.92 Å². The number of likely N-dealkylation sites (N-methyl/N-ethyl adjacent to an activating group) is 1. The van der Waals surface area contributed by atoms with Crippen LogP contribution in [0, 0.1) is 5.92 Å². The minimum absolute atomic E-state index is 0.0509.